The van der Waals surface area contributed by atoms with Crippen molar-refractivity contribution in [2.24, 2.45) is 0 Å². The lowest BCUT2D eigenvalue weighted by Gasteiger charge is -2.29. The molecule has 4 aromatic rings. The second-order valence-electron chi connectivity index (χ2n) is 7.49. The summed E-state index contributed by atoms with van der Waals surface area (Å²) in [6, 6.07) is 27.6. The van der Waals surface area contributed by atoms with Gasteiger partial charge in [0.25, 0.3) is 0 Å². The van der Waals surface area contributed by atoms with Gasteiger partial charge in [0.05, 0.1) is 23.3 Å². The summed E-state index contributed by atoms with van der Waals surface area (Å²) in [5.41, 5.74) is 2.77. The molecule has 0 radical (unpaired) electrons. The average molecular weight is 464 g/mol. The number of thiophene rings is 1. The normalized spacial score (nSPS) is 13.3. The van der Waals surface area contributed by atoms with E-state index in [0.717, 1.165) is 22.6 Å². The van der Waals surface area contributed by atoms with Gasteiger partial charge in [-0.2, -0.15) is 11.3 Å². The van der Waals surface area contributed by atoms with E-state index in [1.807, 2.05) is 77.5 Å². The molecule has 6 heteroatoms. The number of hydrogen-bond donors (Lipinski definition) is 1. The van der Waals surface area contributed by atoms with Crippen LogP contribution in [0.5, 0.6) is 5.75 Å². The van der Waals surface area contributed by atoms with Crippen molar-refractivity contribution in [1.82, 2.24) is 0 Å². The van der Waals surface area contributed by atoms with Crippen LogP contribution in [0.25, 0.3) is 0 Å². The Hall–Kier alpha value is -3.09. The number of rotatable bonds is 9. The molecule has 4 rings (SSSR count). The van der Waals surface area contributed by atoms with E-state index in [0.29, 0.717) is 11.3 Å². The monoisotopic (exact) mass is 463 g/mol. The van der Waals surface area contributed by atoms with Crippen molar-refractivity contribution >= 4 is 26.9 Å². The molecule has 0 aliphatic heterocycles. The molecule has 0 spiro atoms. The van der Waals surface area contributed by atoms with Crippen LogP contribution in [0.2, 0.25) is 0 Å². The van der Waals surface area contributed by atoms with E-state index in [4.69, 9.17) is 4.74 Å². The zero-order valence-electron chi connectivity index (χ0n) is 17.7. The van der Waals surface area contributed by atoms with E-state index >= 15 is 0 Å². The maximum absolute atomic E-state index is 13.9. The first-order chi connectivity index (χ1) is 15.6. The molecule has 0 saturated heterocycles. The Bertz CT molecular complexity index is 1210. The van der Waals surface area contributed by atoms with Crippen LogP contribution < -0.4 is 10.1 Å². The fraction of sp³-hybridized carbons (Fsp3) is 0.154. The minimum atomic E-state index is -3.64. The lowest BCUT2D eigenvalue weighted by molar-refractivity contribution is 0.415. The topological polar surface area (TPSA) is 55.4 Å². The number of ether oxygens (including phenoxy) is 1. The number of sulfone groups is 1. The van der Waals surface area contributed by atoms with Gasteiger partial charge >= 0.3 is 0 Å². The zero-order valence-corrected chi connectivity index (χ0v) is 19.4. The number of hydrogen-bond acceptors (Lipinski definition) is 5. The number of nitrogens with one attached hydrogen (secondary N) is 1. The first kappa shape index (κ1) is 22.1. The molecule has 0 fully saturated rings. The highest BCUT2D eigenvalue weighted by atomic mass is 32.2. The molecule has 1 heterocycles. The van der Waals surface area contributed by atoms with Gasteiger partial charge in [-0.25, -0.2) is 8.42 Å². The largest absolute Gasteiger partial charge is 0.497 e. The summed E-state index contributed by atoms with van der Waals surface area (Å²) < 4.78 is 33.1. The highest BCUT2D eigenvalue weighted by Gasteiger charge is 2.36. The van der Waals surface area contributed by atoms with Crippen LogP contribution in [0.1, 0.15) is 17.2 Å². The lowest BCUT2D eigenvalue weighted by Crippen LogP contribution is -2.35. The molecule has 32 heavy (non-hydrogen) atoms. The molecule has 0 aliphatic carbocycles. The molecule has 0 aliphatic rings. The van der Waals surface area contributed by atoms with E-state index in [9.17, 15) is 8.42 Å². The van der Waals surface area contributed by atoms with Crippen molar-refractivity contribution in [3.8, 4) is 5.75 Å². The van der Waals surface area contributed by atoms with Crippen LogP contribution >= 0.6 is 11.3 Å². The minimum absolute atomic E-state index is 0.331. The molecular weight excluding hydrogens is 438 g/mol. The highest BCUT2D eigenvalue weighted by molar-refractivity contribution is 7.92. The molecule has 164 valence electrons. The summed E-state index contributed by atoms with van der Waals surface area (Å²) in [5, 5.41) is 6.79. The summed E-state index contributed by atoms with van der Waals surface area (Å²) in [6.07, 6.45) is 0.391. The first-order valence-corrected chi connectivity index (χ1v) is 12.8. The first-order valence-electron chi connectivity index (χ1n) is 10.3. The van der Waals surface area contributed by atoms with Gasteiger partial charge in [0, 0.05) is 5.69 Å². The molecular formula is C26H25NO3S2. The standard InChI is InChI=1S/C26H25NO3S2/c1-30-23-14-12-22(13-15-23)27-26(21-16-17-31-19-21)25(18-20-8-4-2-5-9-20)32(28,29)24-10-6-3-7-11-24/h2-17,19,25-27H,18H2,1H3/t25-,26+/m1/s1. The maximum atomic E-state index is 13.9. The third kappa shape index (κ3) is 5.03. The number of benzene rings is 3. The van der Waals surface area contributed by atoms with Gasteiger partial charge in [-0.15, -0.1) is 0 Å². The second kappa shape index (κ2) is 10.0. The second-order valence-corrected chi connectivity index (χ2v) is 10.4. The number of anilines is 1. The third-order valence-corrected chi connectivity index (χ3v) is 8.30. The zero-order chi connectivity index (χ0) is 22.4. The van der Waals surface area contributed by atoms with E-state index in [1.54, 1.807) is 42.7 Å². The van der Waals surface area contributed by atoms with Gasteiger partial charge in [-0.3, -0.25) is 0 Å². The minimum Gasteiger partial charge on any atom is -0.497 e. The Morgan fingerprint density at radius 3 is 2.12 bits per heavy atom. The molecule has 0 unspecified atom stereocenters. The van der Waals surface area contributed by atoms with Crippen molar-refractivity contribution in [2.75, 3.05) is 12.4 Å². The van der Waals surface area contributed by atoms with Gasteiger partial charge < -0.3 is 10.1 Å². The average Bonchev–Trinajstić information content (AvgIpc) is 3.38. The fourth-order valence-electron chi connectivity index (χ4n) is 3.75. The molecule has 1 N–H and O–H groups in total. The summed E-state index contributed by atoms with van der Waals surface area (Å²) in [5.74, 6) is 0.750. The van der Waals surface area contributed by atoms with E-state index < -0.39 is 21.1 Å². The molecule has 0 amide bonds. The van der Waals surface area contributed by atoms with E-state index in [1.165, 1.54) is 0 Å². The number of methoxy groups -OCH3 is 1. The Morgan fingerprint density at radius 1 is 0.875 bits per heavy atom. The van der Waals surface area contributed by atoms with Crippen LogP contribution in [-0.2, 0) is 16.3 Å². The quantitative estimate of drug-likeness (QED) is 0.331. The van der Waals surface area contributed by atoms with E-state index in [-0.39, 0.29) is 0 Å². The summed E-state index contributed by atoms with van der Waals surface area (Å²) in [6.45, 7) is 0. The Kier molecular flexibility index (Phi) is 6.93. The van der Waals surface area contributed by atoms with Crippen molar-refractivity contribution in [2.45, 2.75) is 22.6 Å². The van der Waals surface area contributed by atoms with Gasteiger partial charge in [-0.1, -0.05) is 48.5 Å². The molecule has 3 aromatic carbocycles. The van der Waals surface area contributed by atoms with Crippen molar-refractivity contribution in [3.05, 3.63) is 113 Å². The fourth-order valence-corrected chi connectivity index (χ4v) is 6.33. The maximum Gasteiger partial charge on any atom is 0.183 e. The predicted molar refractivity (Wildman–Crippen MR) is 131 cm³/mol. The summed E-state index contributed by atoms with van der Waals surface area (Å²) in [4.78, 5) is 0.331. The van der Waals surface area contributed by atoms with Crippen LogP contribution in [0.3, 0.4) is 0 Å². The summed E-state index contributed by atoms with van der Waals surface area (Å²) in [7, 11) is -2.02. The SMILES string of the molecule is COc1ccc(N[C@@H](c2ccsc2)[C@@H](Cc2ccccc2)S(=O)(=O)c2ccccc2)cc1. The van der Waals surface area contributed by atoms with E-state index in [2.05, 4.69) is 5.32 Å². The van der Waals surface area contributed by atoms with Crippen LogP contribution in [0.4, 0.5) is 5.69 Å². The molecule has 0 saturated carbocycles. The Labute approximate surface area is 193 Å². The molecule has 4 nitrogen and oxygen atoms in total. The van der Waals surface area contributed by atoms with Crippen LogP contribution in [0, 0.1) is 0 Å². The van der Waals surface area contributed by atoms with Crippen LogP contribution in [0.15, 0.2) is 107 Å². The van der Waals surface area contributed by atoms with Crippen molar-refractivity contribution < 1.29 is 13.2 Å². The highest BCUT2D eigenvalue weighted by Crippen LogP contribution is 2.34. The molecule has 1 aromatic heterocycles. The van der Waals surface area contributed by atoms with Crippen molar-refractivity contribution in [1.29, 1.82) is 0 Å². The lowest BCUT2D eigenvalue weighted by atomic mass is 10.00. The Morgan fingerprint density at radius 2 is 1.53 bits per heavy atom. The summed E-state index contributed by atoms with van der Waals surface area (Å²) >= 11 is 1.56. The van der Waals surface area contributed by atoms with Gasteiger partial charge in [0.2, 0.25) is 0 Å². The van der Waals surface area contributed by atoms with Crippen LogP contribution in [-0.4, -0.2) is 20.8 Å². The predicted octanol–water partition coefficient (Wildman–Crippen LogP) is 6.00. The van der Waals surface area contributed by atoms with Gasteiger partial charge in [0.15, 0.2) is 9.84 Å². The molecule has 2 atom stereocenters. The van der Waals surface area contributed by atoms with Gasteiger partial charge in [-0.05, 0) is 70.8 Å². The molecule has 0 bridgehead atoms. The Balaban J connectivity index is 1.78. The van der Waals surface area contributed by atoms with Crippen molar-refractivity contribution in [3.63, 3.8) is 0 Å². The smallest absolute Gasteiger partial charge is 0.183 e. The third-order valence-electron chi connectivity index (χ3n) is 5.44. The van der Waals surface area contributed by atoms with Gasteiger partial charge in [0.1, 0.15) is 5.75 Å².